The number of ether oxygens (including phenoxy) is 3. The third-order valence-electron chi connectivity index (χ3n) is 3.87. The quantitative estimate of drug-likeness (QED) is 0.456. The smallest absolute Gasteiger partial charge is 0.303 e. The number of hydrogen-bond donors (Lipinski definition) is 1. The summed E-state index contributed by atoms with van der Waals surface area (Å²) in [5.41, 5.74) is 0.992. The maximum atomic E-state index is 11.5. The van der Waals surface area contributed by atoms with Gasteiger partial charge in [0, 0.05) is 20.3 Å². The van der Waals surface area contributed by atoms with Gasteiger partial charge in [-0.05, 0) is 0 Å². The van der Waals surface area contributed by atoms with E-state index >= 15 is 0 Å². The van der Waals surface area contributed by atoms with Crippen molar-refractivity contribution >= 4 is 41.6 Å². The molecule has 10 nitrogen and oxygen atoms in total. The lowest BCUT2D eigenvalue weighted by atomic mass is 10.1. The standard InChI is InChI=1S/C15H16N4O6S/c1-7(21)23-10-3-9(11(4-20)24-8(2)22)25-15(10)19-6-18-12-13(19)16-5-17-14(12)26/h4-6,9-11,15H,3H2,1-2H3,(H,16,17,26)/t9-,10-,11+,15-/m0/s1. The fourth-order valence-corrected chi connectivity index (χ4v) is 3.10. The van der Waals surface area contributed by atoms with E-state index in [4.69, 9.17) is 26.4 Å². The fourth-order valence-electron chi connectivity index (χ4n) is 2.89. The van der Waals surface area contributed by atoms with E-state index in [2.05, 4.69) is 15.0 Å². The summed E-state index contributed by atoms with van der Waals surface area (Å²) in [5.74, 6) is -1.11. The Bertz CT molecular complexity index is 909. The molecule has 0 spiro atoms. The highest BCUT2D eigenvalue weighted by Gasteiger charge is 2.44. The topological polar surface area (TPSA) is 125 Å². The molecule has 0 unspecified atom stereocenters. The number of aromatic nitrogens is 4. The highest BCUT2D eigenvalue weighted by molar-refractivity contribution is 7.71. The minimum atomic E-state index is -1.11. The molecule has 2 aromatic rings. The van der Waals surface area contributed by atoms with Crippen LogP contribution in [0.5, 0.6) is 0 Å². The van der Waals surface area contributed by atoms with Crippen molar-refractivity contribution in [1.82, 2.24) is 19.5 Å². The van der Waals surface area contributed by atoms with Gasteiger partial charge in [-0.2, -0.15) is 0 Å². The van der Waals surface area contributed by atoms with Crippen LogP contribution in [0.3, 0.4) is 0 Å². The molecule has 3 heterocycles. The Balaban J connectivity index is 1.95. The van der Waals surface area contributed by atoms with Crippen molar-refractivity contribution in [3.8, 4) is 0 Å². The first kappa shape index (κ1) is 18.1. The van der Waals surface area contributed by atoms with E-state index in [1.807, 2.05) is 0 Å². The van der Waals surface area contributed by atoms with Crippen LogP contribution in [0.1, 0.15) is 26.5 Å². The van der Waals surface area contributed by atoms with Crippen LogP contribution >= 0.6 is 12.2 Å². The lowest BCUT2D eigenvalue weighted by Crippen LogP contribution is -2.32. The Morgan fingerprint density at radius 1 is 1.42 bits per heavy atom. The van der Waals surface area contributed by atoms with Crippen LogP contribution in [0, 0.1) is 4.64 Å². The number of fused-ring (bicyclic) bond motifs is 1. The number of carbonyl (C=O) groups excluding carboxylic acids is 3. The van der Waals surface area contributed by atoms with Gasteiger partial charge in [-0.15, -0.1) is 0 Å². The number of aldehydes is 1. The summed E-state index contributed by atoms with van der Waals surface area (Å²) in [5, 5.41) is 0. The number of nitrogens with one attached hydrogen (secondary N) is 1. The van der Waals surface area contributed by atoms with E-state index in [0.29, 0.717) is 22.1 Å². The summed E-state index contributed by atoms with van der Waals surface area (Å²) in [6.07, 6.45) is 0.198. The first-order valence-electron chi connectivity index (χ1n) is 7.76. The van der Waals surface area contributed by atoms with Gasteiger partial charge in [0.2, 0.25) is 0 Å². The molecule has 1 aliphatic heterocycles. The second-order valence-electron chi connectivity index (χ2n) is 5.72. The first-order valence-corrected chi connectivity index (χ1v) is 8.17. The van der Waals surface area contributed by atoms with Crippen molar-refractivity contribution in [2.24, 2.45) is 0 Å². The molecule has 0 radical (unpaired) electrons. The molecule has 0 bridgehead atoms. The number of aromatic amines is 1. The summed E-state index contributed by atoms with van der Waals surface area (Å²) < 4.78 is 18.1. The minimum Gasteiger partial charge on any atom is -0.458 e. The molecule has 1 fully saturated rings. The summed E-state index contributed by atoms with van der Waals surface area (Å²) in [7, 11) is 0. The Morgan fingerprint density at radius 3 is 2.85 bits per heavy atom. The molecule has 11 heteroatoms. The third-order valence-corrected chi connectivity index (χ3v) is 4.17. The van der Waals surface area contributed by atoms with Gasteiger partial charge in [-0.1, -0.05) is 12.2 Å². The minimum absolute atomic E-state index is 0.173. The van der Waals surface area contributed by atoms with Gasteiger partial charge < -0.3 is 19.2 Å². The van der Waals surface area contributed by atoms with Crippen molar-refractivity contribution in [1.29, 1.82) is 0 Å². The monoisotopic (exact) mass is 380 g/mol. The van der Waals surface area contributed by atoms with Crippen LogP contribution in [0.4, 0.5) is 0 Å². The lowest BCUT2D eigenvalue weighted by Gasteiger charge is -2.20. The molecule has 1 saturated heterocycles. The van der Waals surface area contributed by atoms with E-state index < -0.39 is 36.5 Å². The highest BCUT2D eigenvalue weighted by Crippen LogP contribution is 2.35. The number of H-pyrrole nitrogens is 1. The van der Waals surface area contributed by atoms with Gasteiger partial charge in [0.05, 0.1) is 12.7 Å². The molecule has 1 aliphatic rings. The maximum Gasteiger partial charge on any atom is 0.303 e. The molecule has 138 valence electrons. The first-order chi connectivity index (χ1) is 12.4. The summed E-state index contributed by atoms with van der Waals surface area (Å²) >= 11 is 5.14. The third kappa shape index (κ3) is 3.48. The highest BCUT2D eigenvalue weighted by atomic mass is 32.1. The number of nitrogens with zero attached hydrogens (tertiary/aromatic N) is 3. The molecule has 0 amide bonds. The van der Waals surface area contributed by atoms with Crippen molar-refractivity contribution in [2.75, 3.05) is 0 Å². The molecule has 3 rings (SSSR count). The lowest BCUT2D eigenvalue weighted by molar-refractivity contribution is -0.160. The van der Waals surface area contributed by atoms with Gasteiger partial charge in [-0.3, -0.25) is 19.0 Å². The number of carbonyl (C=O) groups is 3. The molecule has 26 heavy (non-hydrogen) atoms. The largest absolute Gasteiger partial charge is 0.458 e. The molecule has 0 aromatic carbocycles. The molecule has 4 atom stereocenters. The predicted octanol–water partition coefficient (Wildman–Crippen LogP) is 0.839. The van der Waals surface area contributed by atoms with Crippen LogP contribution in [-0.2, 0) is 28.6 Å². The zero-order chi connectivity index (χ0) is 18.8. The average molecular weight is 380 g/mol. The van der Waals surface area contributed by atoms with Crippen molar-refractivity contribution in [2.45, 2.75) is 44.8 Å². The Hall–Kier alpha value is -2.66. The van der Waals surface area contributed by atoms with Crippen LogP contribution in [0.15, 0.2) is 12.7 Å². The number of rotatable bonds is 5. The molecule has 0 aliphatic carbocycles. The van der Waals surface area contributed by atoms with Gasteiger partial charge in [0.25, 0.3) is 0 Å². The summed E-state index contributed by atoms with van der Waals surface area (Å²) in [6.45, 7) is 2.47. The van der Waals surface area contributed by atoms with Crippen LogP contribution < -0.4 is 0 Å². The molecular formula is C15H16N4O6S. The molecule has 1 N–H and O–H groups in total. The van der Waals surface area contributed by atoms with E-state index in [1.165, 1.54) is 26.5 Å². The van der Waals surface area contributed by atoms with Crippen molar-refractivity contribution in [3.05, 3.63) is 17.3 Å². The average Bonchev–Trinajstić information content (AvgIpc) is 3.16. The molecular weight excluding hydrogens is 364 g/mol. The Labute approximate surface area is 152 Å². The number of esters is 2. The number of hydrogen-bond acceptors (Lipinski definition) is 9. The van der Waals surface area contributed by atoms with Gasteiger partial charge in [-0.25, -0.2) is 9.97 Å². The maximum absolute atomic E-state index is 11.5. The fraction of sp³-hybridized carbons (Fsp3) is 0.467. The predicted molar refractivity (Wildman–Crippen MR) is 88.4 cm³/mol. The Morgan fingerprint density at radius 2 is 2.19 bits per heavy atom. The van der Waals surface area contributed by atoms with E-state index in [1.54, 1.807) is 4.57 Å². The van der Waals surface area contributed by atoms with Crippen LogP contribution in [-0.4, -0.2) is 56.1 Å². The van der Waals surface area contributed by atoms with E-state index in [9.17, 15) is 14.4 Å². The zero-order valence-electron chi connectivity index (χ0n) is 13.9. The zero-order valence-corrected chi connectivity index (χ0v) is 14.8. The summed E-state index contributed by atoms with van der Waals surface area (Å²) in [4.78, 5) is 45.0. The summed E-state index contributed by atoms with van der Waals surface area (Å²) in [6, 6.07) is 0. The van der Waals surface area contributed by atoms with Gasteiger partial charge in [0.15, 0.2) is 23.3 Å². The molecule has 0 saturated carbocycles. The number of imidazole rings is 1. The van der Waals surface area contributed by atoms with E-state index in [-0.39, 0.29) is 6.42 Å². The van der Waals surface area contributed by atoms with Crippen molar-refractivity contribution in [3.63, 3.8) is 0 Å². The van der Waals surface area contributed by atoms with Crippen LogP contribution in [0.25, 0.3) is 11.2 Å². The SMILES string of the molecule is CC(=O)O[C@H]1C[C@@H]([C@@H](C=O)OC(C)=O)O[C@@H]1n1cnc2c(=S)nc[nH]c21. The Kier molecular flexibility index (Phi) is 5.09. The molecule has 2 aromatic heterocycles. The normalized spacial score (nSPS) is 23.5. The second-order valence-corrected chi connectivity index (χ2v) is 6.10. The second kappa shape index (κ2) is 7.30. The van der Waals surface area contributed by atoms with E-state index in [0.717, 1.165) is 0 Å². The van der Waals surface area contributed by atoms with Gasteiger partial charge >= 0.3 is 11.9 Å². The van der Waals surface area contributed by atoms with Crippen LogP contribution in [0.2, 0.25) is 0 Å². The van der Waals surface area contributed by atoms with Gasteiger partial charge in [0.1, 0.15) is 23.4 Å². The van der Waals surface area contributed by atoms with Crippen molar-refractivity contribution < 1.29 is 28.6 Å².